The van der Waals surface area contributed by atoms with Gasteiger partial charge in [0.25, 0.3) is 0 Å². The second-order valence-corrected chi connectivity index (χ2v) is 6.40. The molecule has 2 aromatic heterocycles. The van der Waals surface area contributed by atoms with Gasteiger partial charge >= 0.3 is 0 Å². The van der Waals surface area contributed by atoms with Gasteiger partial charge in [-0.3, -0.25) is 0 Å². The topological polar surface area (TPSA) is 56.5 Å². The highest BCUT2D eigenvalue weighted by atomic mass is 35.5. The Labute approximate surface area is 131 Å². The summed E-state index contributed by atoms with van der Waals surface area (Å²) in [6, 6.07) is 4.06. The van der Waals surface area contributed by atoms with Crippen LogP contribution < -0.4 is 0 Å². The fourth-order valence-electron chi connectivity index (χ4n) is 2.35. The van der Waals surface area contributed by atoms with Gasteiger partial charge in [0.2, 0.25) is 5.16 Å². The van der Waals surface area contributed by atoms with Gasteiger partial charge in [-0.05, 0) is 34.9 Å². The van der Waals surface area contributed by atoms with Crippen LogP contribution in [0.4, 0.5) is 0 Å². The third-order valence-electron chi connectivity index (χ3n) is 3.38. The summed E-state index contributed by atoms with van der Waals surface area (Å²) < 4.78 is 1.94. The number of hydrogen-bond acceptors (Lipinski definition) is 5. The lowest BCUT2D eigenvalue weighted by molar-refractivity contribution is 0.423. The van der Waals surface area contributed by atoms with Gasteiger partial charge in [-0.25, -0.2) is 9.67 Å². The molecule has 8 heteroatoms. The largest absolute Gasteiger partial charge is 0.224 e. The molecule has 0 saturated heterocycles. The summed E-state index contributed by atoms with van der Waals surface area (Å²) in [5.74, 6) is 0.677. The van der Waals surface area contributed by atoms with Crippen LogP contribution in [0.25, 0.3) is 0 Å². The minimum atomic E-state index is 0.402. The van der Waals surface area contributed by atoms with Crippen LogP contribution >= 0.6 is 35.0 Å². The van der Waals surface area contributed by atoms with Crippen molar-refractivity contribution in [2.24, 2.45) is 0 Å². The summed E-state index contributed by atoms with van der Waals surface area (Å²) >= 11 is 13.4. The molecule has 3 rings (SSSR count). The van der Waals surface area contributed by atoms with Crippen molar-refractivity contribution in [1.82, 2.24) is 25.2 Å². The summed E-state index contributed by atoms with van der Waals surface area (Å²) in [4.78, 5) is 4.03. The summed E-state index contributed by atoms with van der Waals surface area (Å²) in [5.41, 5.74) is 0.932. The third kappa shape index (κ3) is 3.07. The fourth-order valence-corrected chi connectivity index (χ4v) is 3.77. The van der Waals surface area contributed by atoms with Gasteiger partial charge in [0, 0.05) is 5.75 Å². The number of nitrogens with zero attached hydrogens (tertiary/aromatic N) is 5. The monoisotopic (exact) mass is 329 g/mol. The zero-order valence-electron chi connectivity index (χ0n) is 10.7. The zero-order chi connectivity index (χ0) is 13.9. The molecule has 2 heterocycles. The van der Waals surface area contributed by atoms with Crippen LogP contribution in [0, 0.1) is 0 Å². The maximum absolute atomic E-state index is 6.07. The van der Waals surface area contributed by atoms with Crippen LogP contribution in [0.1, 0.15) is 37.3 Å². The smallest absolute Gasteiger partial charge is 0.209 e. The van der Waals surface area contributed by atoms with E-state index in [0.717, 1.165) is 23.6 Å². The van der Waals surface area contributed by atoms with Gasteiger partial charge in [-0.15, -0.1) is 5.10 Å². The molecule has 0 atom stereocenters. The Hall–Kier alpha value is -0.850. The first-order valence-corrected chi connectivity index (χ1v) is 8.20. The Kier molecular flexibility index (Phi) is 4.43. The highest BCUT2D eigenvalue weighted by molar-refractivity contribution is 7.98. The first-order valence-electron chi connectivity index (χ1n) is 6.45. The van der Waals surface area contributed by atoms with Crippen molar-refractivity contribution in [1.29, 1.82) is 0 Å². The first-order chi connectivity index (χ1) is 9.74. The number of thioether (sulfide) groups is 1. The molecule has 0 bridgehead atoms. The Morgan fingerprint density at radius 3 is 2.80 bits per heavy atom. The SMILES string of the molecule is Clc1ccc(CSc2nnnn2C2CCCC2)c(Cl)n1. The van der Waals surface area contributed by atoms with E-state index in [1.807, 2.05) is 10.7 Å². The van der Waals surface area contributed by atoms with Crippen LogP contribution in [0.15, 0.2) is 17.3 Å². The number of tetrazole rings is 1. The molecule has 1 aliphatic carbocycles. The lowest BCUT2D eigenvalue weighted by atomic mass is 10.3. The van der Waals surface area contributed by atoms with Gasteiger partial charge in [0.05, 0.1) is 6.04 Å². The third-order valence-corrected chi connectivity index (χ3v) is 4.90. The molecule has 0 N–H and O–H groups in total. The molecule has 1 saturated carbocycles. The van der Waals surface area contributed by atoms with Crippen molar-refractivity contribution in [3.8, 4) is 0 Å². The van der Waals surface area contributed by atoms with Crippen LogP contribution in [0.2, 0.25) is 10.3 Å². The molecular weight excluding hydrogens is 317 g/mol. The molecule has 20 heavy (non-hydrogen) atoms. The number of rotatable bonds is 4. The van der Waals surface area contributed by atoms with Crippen LogP contribution in [0.3, 0.4) is 0 Å². The standard InChI is InChI=1S/C12H13Cl2N5S/c13-10-6-5-8(11(14)15-10)7-20-12-16-17-18-19(12)9-3-1-2-4-9/h5-6,9H,1-4,7H2. The minimum absolute atomic E-state index is 0.402. The van der Waals surface area contributed by atoms with Gasteiger partial charge in [-0.2, -0.15) is 0 Å². The van der Waals surface area contributed by atoms with Crippen LogP contribution in [0.5, 0.6) is 0 Å². The molecule has 1 fully saturated rings. The normalized spacial score (nSPS) is 15.9. The van der Waals surface area contributed by atoms with E-state index in [0.29, 0.717) is 22.1 Å². The molecule has 0 spiro atoms. The molecule has 2 aromatic rings. The average molecular weight is 330 g/mol. The molecule has 106 valence electrons. The lowest BCUT2D eigenvalue weighted by Gasteiger charge is -2.10. The molecule has 0 amide bonds. The molecule has 5 nitrogen and oxygen atoms in total. The van der Waals surface area contributed by atoms with Crippen LogP contribution in [-0.4, -0.2) is 25.2 Å². The van der Waals surface area contributed by atoms with Crippen molar-refractivity contribution < 1.29 is 0 Å². The van der Waals surface area contributed by atoms with E-state index in [2.05, 4.69) is 20.5 Å². The molecule has 0 aromatic carbocycles. The zero-order valence-corrected chi connectivity index (χ0v) is 13.0. The molecule has 0 aliphatic heterocycles. The van der Waals surface area contributed by atoms with E-state index in [9.17, 15) is 0 Å². The maximum Gasteiger partial charge on any atom is 0.209 e. The van der Waals surface area contributed by atoms with E-state index < -0.39 is 0 Å². The second-order valence-electron chi connectivity index (χ2n) is 4.72. The maximum atomic E-state index is 6.07. The average Bonchev–Trinajstić information content (AvgIpc) is 3.08. The molecule has 0 radical (unpaired) electrons. The van der Waals surface area contributed by atoms with E-state index in [1.165, 1.54) is 12.8 Å². The number of hydrogen-bond donors (Lipinski definition) is 0. The van der Waals surface area contributed by atoms with Crippen molar-refractivity contribution in [3.63, 3.8) is 0 Å². The van der Waals surface area contributed by atoms with E-state index in [-0.39, 0.29) is 0 Å². The summed E-state index contributed by atoms with van der Waals surface area (Å²) in [6.07, 6.45) is 4.81. The number of aromatic nitrogens is 5. The van der Waals surface area contributed by atoms with Gasteiger partial charge in [0.1, 0.15) is 10.3 Å². The van der Waals surface area contributed by atoms with Gasteiger partial charge in [-0.1, -0.05) is 53.9 Å². The predicted octanol–water partition coefficient (Wildman–Crippen LogP) is 3.78. The number of halogens is 2. The Balaban J connectivity index is 1.70. The summed E-state index contributed by atoms with van der Waals surface area (Å²) in [6.45, 7) is 0. The molecule has 0 unspecified atom stereocenters. The summed E-state index contributed by atoms with van der Waals surface area (Å²) in [5, 5.41) is 13.7. The molecule has 1 aliphatic rings. The summed E-state index contributed by atoms with van der Waals surface area (Å²) in [7, 11) is 0. The second kappa shape index (κ2) is 6.28. The first kappa shape index (κ1) is 14.1. The van der Waals surface area contributed by atoms with Crippen molar-refractivity contribution in [3.05, 3.63) is 28.0 Å². The predicted molar refractivity (Wildman–Crippen MR) is 79.1 cm³/mol. The van der Waals surface area contributed by atoms with Crippen molar-refractivity contribution >= 4 is 35.0 Å². The van der Waals surface area contributed by atoms with E-state index in [4.69, 9.17) is 23.2 Å². The highest BCUT2D eigenvalue weighted by Gasteiger charge is 2.21. The van der Waals surface area contributed by atoms with Gasteiger partial charge < -0.3 is 0 Å². The molecular formula is C12H13Cl2N5S. The lowest BCUT2D eigenvalue weighted by Crippen LogP contribution is -2.08. The highest BCUT2D eigenvalue weighted by Crippen LogP contribution is 2.32. The Bertz CT molecular complexity index is 597. The fraction of sp³-hybridized carbons (Fsp3) is 0.500. The quantitative estimate of drug-likeness (QED) is 0.631. The Morgan fingerprint density at radius 2 is 2.05 bits per heavy atom. The van der Waals surface area contributed by atoms with Gasteiger partial charge in [0.15, 0.2) is 0 Å². The van der Waals surface area contributed by atoms with Crippen molar-refractivity contribution in [2.75, 3.05) is 0 Å². The van der Waals surface area contributed by atoms with Crippen molar-refractivity contribution in [2.45, 2.75) is 42.6 Å². The van der Waals surface area contributed by atoms with Crippen LogP contribution in [-0.2, 0) is 5.75 Å². The Morgan fingerprint density at radius 1 is 1.25 bits per heavy atom. The van der Waals surface area contributed by atoms with E-state index in [1.54, 1.807) is 17.8 Å². The van der Waals surface area contributed by atoms with E-state index >= 15 is 0 Å². The minimum Gasteiger partial charge on any atom is -0.224 e. The number of pyridine rings is 1.